The second-order valence-corrected chi connectivity index (χ2v) is 6.96. The zero-order chi connectivity index (χ0) is 18.5. The van der Waals surface area contributed by atoms with Crippen molar-refractivity contribution in [3.05, 3.63) is 46.0 Å². The molecule has 2 aliphatic heterocycles. The van der Waals surface area contributed by atoms with Gasteiger partial charge in [0, 0.05) is 30.7 Å². The smallest absolute Gasteiger partial charge is 0.410 e. The summed E-state index contributed by atoms with van der Waals surface area (Å²) in [6.07, 6.45) is 2.30. The topological polar surface area (TPSA) is 82.7 Å². The average Bonchev–Trinajstić information content (AvgIpc) is 2.88. The number of ether oxygens (including phenoxy) is 1. The fourth-order valence-electron chi connectivity index (χ4n) is 3.80. The number of likely N-dealkylation sites (N-methyl/N-ethyl adjacent to an activating group) is 1. The number of fused-ring (bicyclic) bond motifs is 1. The maximum absolute atomic E-state index is 13.5. The molecule has 0 bridgehead atoms. The molecular formula is C18H18FN3O4. The van der Waals surface area contributed by atoms with E-state index >= 15 is 0 Å². The third-order valence-corrected chi connectivity index (χ3v) is 5.04. The van der Waals surface area contributed by atoms with Crippen molar-refractivity contribution in [2.45, 2.75) is 18.4 Å². The quantitative estimate of drug-likeness (QED) is 0.841. The van der Waals surface area contributed by atoms with Crippen molar-refractivity contribution in [3.63, 3.8) is 0 Å². The Balaban J connectivity index is 1.65. The van der Waals surface area contributed by atoms with Crippen molar-refractivity contribution in [1.82, 2.24) is 14.8 Å². The van der Waals surface area contributed by atoms with E-state index in [9.17, 15) is 18.8 Å². The first-order valence-electron chi connectivity index (χ1n) is 8.43. The second-order valence-electron chi connectivity index (χ2n) is 6.96. The lowest BCUT2D eigenvalue weighted by Gasteiger charge is -2.38. The fraction of sp³-hybridized carbons (Fsp3) is 0.389. The molecule has 1 aromatic carbocycles. The summed E-state index contributed by atoms with van der Waals surface area (Å²) in [7, 11) is 1.65. The van der Waals surface area contributed by atoms with Gasteiger partial charge in [-0.2, -0.15) is 0 Å². The van der Waals surface area contributed by atoms with Crippen LogP contribution in [0.15, 0.2) is 29.2 Å². The van der Waals surface area contributed by atoms with Crippen molar-refractivity contribution >= 4 is 22.9 Å². The Hall–Kier alpha value is -2.90. The van der Waals surface area contributed by atoms with Gasteiger partial charge in [-0.1, -0.05) is 0 Å². The van der Waals surface area contributed by atoms with Gasteiger partial charge in [0.15, 0.2) is 0 Å². The van der Waals surface area contributed by atoms with Crippen molar-refractivity contribution < 1.29 is 18.7 Å². The van der Waals surface area contributed by atoms with Crippen molar-refractivity contribution in [2.75, 3.05) is 26.7 Å². The third-order valence-electron chi connectivity index (χ3n) is 5.04. The number of aromatic amines is 1. The molecule has 1 aromatic heterocycles. The molecular weight excluding hydrogens is 341 g/mol. The number of piperidine rings is 1. The molecule has 0 radical (unpaired) electrons. The van der Waals surface area contributed by atoms with Crippen LogP contribution >= 0.6 is 0 Å². The number of likely N-dealkylation sites (tertiary alicyclic amines) is 1. The van der Waals surface area contributed by atoms with Crippen LogP contribution in [0.2, 0.25) is 0 Å². The number of benzene rings is 1. The van der Waals surface area contributed by atoms with E-state index in [0.29, 0.717) is 31.4 Å². The second kappa shape index (κ2) is 5.82. The molecule has 2 fully saturated rings. The van der Waals surface area contributed by atoms with E-state index in [2.05, 4.69) is 4.98 Å². The van der Waals surface area contributed by atoms with Gasteiger partial charge < -0.3 is 19.5 Å². The lowest BCUT2D eigenvalue weighted by atomic mass is 9.92. The maximum Gasteiger partial charge on any atom is 0.410 e. The molecule has 4 rings (SSSR count). The van der Waals surface area contributed by atoms with Gasteiger partial charge in [0.1, 0.15) is 17.0 Å². The molecule has 7 nitrogen and oxygen atoms in total. The van der Waals surface area contributed by atoms with Gasteiger partial charge >= 0.3 is 6.09 Å². The number of amides is 2. The number of nitrogens with zero attached hydrogens (tertiary/aromatic N) is 2. The molecule has 0 saturated carbocycles. The van der Waals surface area contributed by atoms with E-state index in [-0.39, 0.29) is 17.5 Å². The van der Waals surface area contributed by atoms with Crippen molar-refractivity contribution in [3.8, 4) is 0 Å². The lowest BCUT2D eigenvalue weighted by Crippen LogP contribution is -2.52. The fourth-order valence-corrected chi connectivity index (χ4v) is 3.80. The van der Waals surface area contributed by atoms with Gasteiger partial charge in [-0.15, -0.1) is 0 Å². The SMILES string of the molecule is CN1C[C@@]2(CCCN(C(=O)c3c[nH]c4ccc(F)cc4c3=O)C2)OC1=O. The summed E-state index contributed by atoms with van der Waals surface area (Å²) in [5.74, 6) is -0.979. The molecule has 3 heterocycles. The van der Waals surface area contributed by atoms with Gasteiger partial charge in [0.2, 0.25) is 5.43 Å². The summed E-state index contributed by atoms with van der Waals surface area (Å²) in [4.78, 5) is 43.2. The number of hydrogen-bond acceptors (Lipinski definition) is 4. The minimum atomic E-state index is -0.727. The molecule has 2 saturated heterocycles. The number of H-pyrrole nitrogens is 1. The summed E-state index contributed by atoms with van der Waals surface area (Å²) in [5.41, 5.74) is -0.814. The van der Waals surface area contributed by atoms with E-state index in [4.69, 9.17) is 4.74 Å². The van der Waals surface area contributed by atoms with Crippen LogP contribution in [0.4, 0.5) is 9.18 Å². The molecule has 1 spiro atoms. The summed E-state index contributed by atoms with van der Waals surface area (Å²) < 4.78 is 19.0. The Morgan fingerprint density at radius 2 is 2.12 bits per heavy atom. The van der Waals surface area contributed by atoms with Gasteiger partial charge in [0.05, 0.1) is 13.1 Å². The number of pyridine rings is 1. The molecule has 0 aliphatic carbocycles. The lowest BCUT2D eigenvalue weighted by molar-refractivity contribution is -0.00526. The van der Waals surface area contributed by atoms with Crippen LogP contribution in [0.5, 0.6) is 0 Å². The Morgan fingerprint density at radius 3 is 2.85 bits per heavy atom. The van der Waals surface area contributed by atoms with Crippen LogP contribution in [-0.4, -0.2) is 59.1 Å². The van der Waals surface area contributed by atoms with Crippen LogP contribution in [0, 0.1) is 5.82 Å². The predicted molar refractivity (Wildman–Crippen MR) is 91.5 cm³/mol. The molecule has 136 valence electrons. The maximum atomic E-state index is 13.5. The van der Waals surface area contributed by atoms with Gasteiger partial charge in [0.25, 0.3) is 5.91 Å². The minimum Gasteiger partial charge on any atom is -0.439 e. The largest absolute Gasteiger partial charge is 0.439 e. The minimum absolute atomic E-state index is 0.0437. The normalized spacial score (nSPS) is 22.9. The van der Waals surface area contributed by atoms with Crippen LogP contribution in [0.1, 0.15) is 23.2 Å². The van der Waals surface area contributed by atoms with Crippen LogP contribution < -0.4 is 5.43 Å². The average molecular weight is 359 g/mol. The van der Waals surface area contributed by atoms with Gasteiger partial charge in [-0.3, -0.25) is 9.59 Å². The number of carbonyl (C=O) groups excluding carboxylic acids is 2. The first-order chi connectivity index (χ1) is 12.4. The molecule has 2 aromatic rings. The standard InChI is InChI=1S/C18H18FN3O4/c1-21-9-18(26-17(21)25)5-2-6-22(10-18)16(24)13-8-20-14-4-3-11(19)7-12(14)15(13)23/h3-4,7-8H,2,5-6,9-10H2,1H3,(H,20,23)/t18-/m1/s1. The highest BCUT2D eigenvalue weighted by atomic mass is 19.1. The first kappa shape index (κ1) is 16.6. The van der Waals surface area contributed by atoms with E-state index in [1.807, 2.05) is 0 Å². The highest BCUT2D eigenvalue weighted by Gasteiger charge is 2.47. The summed E-state index contributed by atoms with van der Waals surface area (Å²) in [6.45, 7) is 1.12. The van der Waals surface area contributed by atoms with E-state index in [0.717, 1.165) is 6.07 Å². The zero-order valence-corrected chi connectivity index (χ0v) is 14.3. The third kappa shape index (κ3) is 2.61. The van der Waals surface area contributed by atoms with Crippen LogP contribution in [0.25, 0.3) is 10.9 Å². The number of carbonyl (C=O) groups is 2. The Bertz CT molecular complexity index is 973. The van der Waals surface area contributed by atoms with Gasteiger partial charge in [-0.25, -0.2) is 9.18 Å². The number of hydrogen-bond donors (Lipinski definition) is 1. The Morgan fingerprint density at radius 1 is 1.31 bits per heavy atom. The predicted octanol–water partition coefficient (Wildman–Crippen LogP) is 1.72. The zero-order valence-electron chi connectivity index (χ0n) is 14.3. The molecule has 26 heavy (non-hydrogen) atoms. The molecule has 2 amide bonds. The highest BCUT2D eigenvalue weighted by Crippen LogP contribution is 2.31. The number of nitrogens with one attached hydrogen (secondary N) is 1. The molecule has 1 atom stereocenters. The first-order valence-corrected chi connectivity index (χ1v) is 8.43. The summed E-state index contributed by atoms with van der Waals surface area (Å²) >= 11 is 0. The number of rotatable bonds is 1. The van der Waals surface area contributed by atoms with Gasteiger partial charge in [-0.05, 0) is 31.0 Å². The van der Waals surface area contributed by atoms with E-state index in [1.54, 1.807) is 7.05 Å². The molecule has 2 aliphatic rings. The van der Waals surface area contributed by atoms with Crippen molar-refractivity contribution in [1.29, 1.82) is 0 Å². The van der Waals surface area contributed by atoms with Crippen LogP contribution in [-0.2, 0) is 4.74 Å². The Kier molecular flexibility index (Phi) is 3.71. The van der Waals surface area contributed by atoms with Crippen LogP contribution in [0.3, 0.4) is 0 Å². The highest BCUT2D eigenvalue weighted by molar-refractivity contribution is 5.97. The number of halogens is 1. The molecule has 8 heteroatoms. The molecule has 1 N–H and O–H groups in total. The van der Waals surface area contributed by atoms with E-state index < -0.39 is 28.8 Å². The summed E-state index contributed by atoms with van der Waals surface area (Å²) in [6, 6.07) is 3.83. The summed E-state index contributed by atoms with van der Waals surface area (Å²) in [5, 5.41) is 0.134. The van der Waals surface area contributed by atoms with E-state index in [1.165, 1.54) is 28.1 Å². The number of aromatic nitrogens is 1. The Labute approximate surface area is 148 Å². The van der Waals surface area contributed by atoms with Crippen molar-refractivity contribution in [2.24, 2.45) is 0 Å². The monoisotopic (exact) mass is 359 g/mol. The molecule has 0 unspecified atom stereocenters.